The summed E-state index contributed by atoms with van der Waals surface area (Å²) in [5.41, 5.74) is 1.13. The van der Waals surface area contributed by atoms with Gasteiger partial charge in [0.1, 0.15) is 5.69 Å². The minimum absolute atomic E-state index is 0.0154. The average molecular weight is 283 g/mol. The molecule has 1 aromatic rings. The van der Waals surface area contributed by atoms with E-state index in [0.29, 0.717) is 25.2 Å². The number of nitrogens with one attached hydrogen (secondary N) is 1. The molecule has 3 N–H and O–H groups in total. The van der Waals surface area contributed by atoms with Crippen molar-refractivity contribution in [3.8, 4) is 0 Å². The molecule has 0 fully saturated rings. The summed E-state index contributed by atoms with van der Waals surface area (Å²) in [5.74, 6) is 0. The third-order valence-electron chi connectivity index (χ3n) is 2.94. The van der Waals surface area contributed by atoms with Crippen LogP contribution < -0.4 is 10.2 Å². The molecule has 0 aromatic heterocycles. The predicted octanol–water partition coefficient (Wildman–Crippen LogP) is 1.21. The van der Waals surface area contributed by atoms with Gasteiger partial charge in [-0.3, -0.25) is 10.1 Å². The normalized spacial score (nSPS) is 10.3. The molecule has 0 unspecified atom stereocenters. The fourth-order valence-electron chi connectivity index (χ4n) is 1.94. The Balaban J connectivity index is 2.98. The number of aliphatic hydroxyl groups is 2. The molecule has 20 heavy (non-hydrogen) atoms. The first-order chi connectivity index (χ1) is 9.63. The Labute approximate surface area is 118 Å². The van der Waals surface area contributed by atoms with E-state index in [-0.39, 0.29) is 25.4 Å². The molecular formula is C13H21N3O4. The van der Waals surface area contributed by atoms with Gasteiger partial charge < -0.3 is 20.4 Å². The number of aliphatic hydroxyl groups excluding tert-OH is 2. The number of hydrogen-bond donors (Lipinski definition) is 3. The number of nitro benzene ring substituents is 1. The third-order valence-corrected chi connectivity index (χ3v) is 2.94. The first-order valence-electron chi connectivity index (χ1n) is 6.63. The zero-order valence-electron chi connectivity index (χ0n) is 11.6. The summed E-state index contributed by atoms with van der Waals surface area (Å²) in [4.78, 5) is 12.6. The zero-order chi connectivity index (χ0) is 15.0. The first-order valence-corrected chi connectivity index (χ1v) is 6.63. The number of hydrogen-bond acceptors (Lipinski definition) is 6. The highest BCUT2D eigenvalue weighted by molar-refractivity contribution is 5.68. The molecule has 0 amide bonds. The molecule has 0 saturated carbocycles. The monoisotopic (exact) mass is 283 g/mol. The molecular weight excluding hydrogens is 262 g/mol. The van der Waals surface area contributed by atoms with Crippen LogP contribution >= 0.6 is 0 Å². The summed E-state index contributed by atoms with van der Waals surface area (Å²) in [6.07, 6.45) is 0.617. The lowest BCUT2D eigenvalue weighted by Crippen LogP contribution is -2.24. The van der Waals surface area contributed by atoms with E-state index in [1.165, 1.54) is 6.07 Å². The smallest absolute Gasteiger partial charge is 0.294 e. The van der Waals surface area contributed by atoms with Crippen molar-refractivity contribution < 1.29 is 15.1 Å². The van der Waals surface area contributed by atoms with Gasteiger partial charge >= 0.3 is 0 Å². The molecule has 0 spiro atoms. The van der Waals surface area contributed by atoms with Gasteiger partial charge in [0, 0.05) is 38.0 Å². The predicted molar refractivity (Wildman–Crippen MR) is 78.3 cm³/mol. The molecule has 0 aliphatic carbocycles. The molecule has 0 radical (unpaired) electrons. The van der Waals surface area contributed by atoms with Gasteiger partial charge in [0.2, 0.25) is 0 Å². The van der Waals surface area contributed by atoms with Crippen molar-refractivity contribution in [1.29, 1.82) is 0 Å². The fraction of sp³-hybridized carbons (Fsp3) is 0.538. The highest BCUT2D eigenvalue weighted by Crippen LogP contribution is 2.29. The van der Waals surface area contributed by atoms with Crippen LogP contribution in [-0.4, -0.2) is 48.0 Å². The largest absolute Gasteiger partial charge is 0.396 e. The van der Waals surface area contributed by atoms with Crippen molar-refractivity contribution in [2.24, 2.45) is 0 Å². The summed E-state index contributed by atoms with van der Waals surface area (Å²) in [6, 6.07) is 4.96. The van der Waals surface area contributed by atoms with Crippen LogP contribution in [0.2, 0.25) is 0 Å². The van der Waals surface area contributed by atoms with Gasteiger partial charge in [-0.05, 0) is 25.5 Å². The molecule has 0 bridgehead atoms. The van der Waals surface area contributed by atoms with Gasteiger partial charge in [-0.15, -0.1) is 0 Å². The van der Waals surface area contributed by atoms with Crippen molar-refractivity contribution in [3.63, 3.8) is 0 Å². The lowest BCUT2D eigenvalue weighted by atomic mass is 10.2. The molecule has 1 aromatic carbocycles. The van der Waals surface area contributed by atoms with E-state index in [1.54, 1.807) is 12.1 Å². The summed E-state index contributed by atoms with van der Waals surface area (Å²) in [7, 11) is 0. The van der Waals surface area contributed by atoms with Gasteiger partial charge in [-0.25, -0.2) is 0 Å². The van der Waals surface area contributed by atoms with Crippen molar-refractivity contribution in [1.82, 2.24) is 0 Å². The molecule has 112 valence electrons. The maximum absolute atomic E-state index is 11.1. The van der Waals surface area contributed by atoms with Crippen LogP contribution in [0.1, 0.15) is 13.3 Å². The molecule has 0 aliphatic heterocycles. The van der Waals surface area contributed by atoms with E-state index in [4.69, 9.17) is 10.2 Å². The molecule has 0 atom stereocenters. The lowest BCUT2D eigenvalue weighted by molar-refractivity contribution is -0.383. The Kier molecular flexibility index (Phi) is 6.75. The van der Waals surface area contributed by atoms with Crippen LogP contribution in [-0.2, 0) is 0 Å². The first kappa shape index (κ1) is 16.2. The second-order valence-corrected chi connectivity index (χ2v) is 4.27. The number of nitro groups is 1. The Bertz CT molecular complexity index is 440. The Morgan fingerprint density at radius 2 is 2.10 bits per heavy atom. The molecule has 7 nitrogen and oxygen atoms in total. The summed E-state index contributed by atoms with van der Waals surface area (Å²) >= 11 is 0. The number of anilines is 2. The lowest BCUT2D eigenvalue weighted by Gasteiger charge is -2.23. The van der Waals surface area contributed by atoms with Gasteiger partial charge in [0.25, 0.3) is 5.69 Å². The molecule has 1 rings (SSSR count). The van der Waals surface area contributed by atoms with Gasteiger partial charge in [-0.1, -0.05) is 0 Å². The van der Waals surface area contributed by atoms with Crippen LogP contribution in [0.15, 0.2) is 18.2 Å². The van der Waals surface area contributed by atoms with Crippen molar-refractivity contribution >= 4 is 17.1 Å². The average Bonchev–Trinajstić information content (AvgIpc) is 2.46. The highest BCUT2D eigenvalue weighted by Gasteiger charge is 2.16. The number of rotatable bonds is 9. The van der Waals surface area contributed by atoms with Crippen LogP contribution in [0.25, 0.3) is 0 Å². The number of benzene rings is 1. The Hall–Kier alpha value is -1.86. The third kappa shape index (κ3) is 4.36. The molecule has 0 saturated heterocycles. The van der Waals surface area contributed by atoms with Crippen LogP contribution in [0.5, 0.6) is 0 Å². The van der Waals surface area contributed by atoms with Gasteiger partial charge in [-0.2, -0.15) is 0 Å². The second-order valence-electron chi connectivity index (χ2n) is 4.27. The Morgan fingerprint density at radius 1 is 1.35 bits per heavy atom. The summed E-state index contributed by atoms with van der Waals surface area (Å²) < 4.78 is 0. The standard InChI is InChI=1S/C13H21N3O4/c1-2-15(7-3-8-17)11-4-5-12(14-6-9-18)13(10-11)16(19)20/h4-5,10,14,17-18H,2-3,6-9H2,1H3. The second kappa shape index (κ2) is 8.34. The Morgan fingerprint density at radius 3 is 2.65 bits per heavy atom. The van der Waals surface area contributed by atoms with Crippen LogP contribution in [0.4, 0.5) is 17.1 Å². The van der Waals surface area contributed by atoms with E-state index in [2.05, 4.69) is 5.32 Å². The topological polar surface area (TPSA) is 98.9 Å². The highest BCUT2D eigenvalue weighted by atomic mass is 16.6. The van der Waals surface area contributed by atoms with E-state index < -0.39 is 4.92 Å². The van der Waals surface area contributed by atoms with E-state index in [0.717, 1.165) is 5.69 Å². The zero-order valence-corrected chi connectivity index (χ0v) is 11.6. The molecule has 7 heteroatoms. The summed E-state index contributed by atoms with van der Waals surface area (Å²) in [5, 5.41) is 31.6. The quantitative estimate of drug-likeness (QED) is 0.465. The van der Waals surface area contributed by atoms with Crippen LogP contribution in [0.3, 0.4) is 0 Å². The summed E-state index contributed by atoms with van der Waals surface area (Å²) in [6.45, 7) is 3.59. The van der Waals surface area contributed by atoms with E-state index >= 15 is 0 Å². The van der Waals surface area contributed by atoms with Crippen molar-refractivity contribution in [2.45, 2.75) is 13.3 Å². The van der Waals surface area contributed by atoms with Crippen molar-refractivity contribution in [3.05, 3.63) is 28.3 Å². The maximum Gasteiger partial charge on any atom is 0.294 e. The van der Waals surface area contributed by atoms with E-state index in [9.17, 15) is 10.1 Å². The maximum atomic E-state index is 11.1. The minimum Gasteiger partial charge on any atom is -0.396 e. The molecule has 0 aliphatic rings. The molecule has 0 heterocycles. The van der Waals surface area contributed by atoms with Crippen LogP contribution in [0, 0.1) is 10.1 Å². The van der Waals surface area contributed by atoms with Gasteiger partial charge in [0.05, 0.1) is 11.5 Å². The SMILES string of the molecule is CCN(CCCO)c1ccc(NCCO)c([N+](=O)[O-])c1. The van der Waals surface area contributed by atoms with E-state index in [1.807, 2.05) is 11.8 Å². The minimum atomic E-state index is -0.441. The fourth-order valence-corrected chi connectivity index (χ4v) is 1.94. The van der Waals surface area contributed by atoms with Gasteiger partial charge in [0.15, 0.2) is 0 Å². The van der Waals surface area contributed by atoms with Crippen molar-refractivity contribution in [2.75, 3.05) is 43.1 Å². The number of nitrogens with zero attached hydrogens (tertiary/aromatic N) is 2.